The van der Waals surface area contributed by atoms with Gasteiger partial charge in [0.05, 0.1) is 17.8 Å². The van der Waals surface area contributed by atoms with E-state index in [1.165, 1.54) is 0 Å². The molecule has 2 rings (SSSR count). The highest BCUT2D eigenvalue weighted by Gasteiger charge is 2.02. The molecule has 0 atom stereocenters. The van der Waals surface area contributed by atoms with Gasteiger partial charge in [-0.3, -0.25) is 4.68 Å². The van der Waals surface area contributed by atoms with Crippen molar-refractivity contribution in [3.8, 4) is 5.75 Å². The number of thiocarbonyl (C=S) groups is 1. The molecule has 0 amide bonds. The highest BCUT2D eigenvalue weighted by molar-refractivity contribution is 7.80. The molecule has 0 aliphatic heterocycles. The van der Waals surface area contributed by atoms with Crippen LogP contribution in [0.25, 0.3) is 0 Å². The SMILES string of the molecule is COc1ccc(NC(=S)NCCCn2cc(Cl)c(C)n2)cc1. The fraction of sp³-hybridized carbons (Fsp3) is 0.333. The van der Waals surface area contributed by atoms with Crippen molar-refractivity contribution in [2.75, 3.05) is 19.0 Å². The summed E-state index contributed by atoms with van der Waals surface area (Å²) in [4.78, 5) is 0. The normalized spacial score (nSPS) is 10.3. The Kier molecular flexibility index (Phi) is 6.03. The number of nitrogens with zero attached hydrogens (tertiary/aromatic N) is 2. The molecule has 1 aromatic carbocycles. The number of rotatable bonds is 6. The zero-order chi connectivity index (χ0) is 15.9. The van der Waals surface area contributed by atoms with Gasteiger partial charge in [-0.15, -0.1) is 0 Å². The summed E-state index contributed by atoms with van der Waals surface area (Å²) >= 11 is 11.2. The first-order valence-corrected chi connectivity index (χ1v) is 7.75. The Bertz CT molecular complexity index is 607. The predicted molar refractivity (Wildman–Crippen MR) is 93.8 cm³/mol. The van der Waals surface area contributed by atoms with Gasteiger partial charge in [-0.25, -0.2) is 0 Å². The maximum Gasteiger partial charge on any atom is 0.170 e. The molecule has 22 heavy (non-hydrogen) atoms. The standard InChI is InChI=1S/C15H19ClN4OS/c1-11-14(16)10-20(19-11)9-3-8-17-15(22)18-12-4-6-13(21-2)7-5-12/h4-7,10H,3,8-9H2,1-2H3,(H2,17,18,22). The maximum absolute atomic E-state index is 5.97. The topological polar surface area (TPSA) is 51.1 Å². The van der Waals surface area contributed by atoms with E-state index in [-0.39, 0.29) is 0 Å². The fourth-order valence-corrected chi connectivity index (χ4v) is 2.27. The molecule has 0 unspecified atom stereocenters. The second-order valence-corrected chi connectivity index (χ2v) is 5.60. The number of aryl methyl sites for hydroxylation is 2. The largest absolute Gasteiger partial charge is 0.497 e. The van der Waals surface area contributed by atoms with Gasteiger partial charge in [0.25, 0.3) is 0 Å². The third-order valence-electron chi connectivity index (χ3n) is 3.08. The van der Waals surface area contributed by atoms with Crippen LogP contribution in [0.3, 0.4) is 0 Å². The van der Waals surface area contributed by atoms with Gasteiger partial charge in [0, 0.05) is 25.0 Å². The number of aromatic nitrogens is 2. The van der Waals surface area contributed by atoms with Crippen LogP contribution in [0.15, 0.2) is 30.5 Å². The van der Waals surface area contributed by atoms with Gasteiger partial charge in [-0.2, -0.15) is 5.10 Å². The fourth-order valence-electron chi connectivity index (χ4n) is 1.90. The summed E-state index contributed by atoms with van der Waals surface area (Å²) in [6.07, 6.45) is 2.74. The van der Waals surface area contributed by atoms with Crippen LogP contribution in [0.1, 0.15) is 12.1 Å². The van der Waals surface area contributed by atoms with Crippen molar-refractivity contribution in [1.82, 2.24) is 15.1 Å². The van der Waals surface area contributed by atoms with Crippen LogP contribution in [-0.2, 0) is 6.54 Å². The van der Waals surface area contributed by atoms with E-state index in [1.807, 2.05) is 42.1 Å². The van der Waals surface area contributed by atoms with E-state index < -0.39 is 0 Å². The van der Waals surface area contributed by atoms with Crippen molar-refractivity contribution in [2.45, 2.75) is 19.9 Å². The molecule has 5 nitrogen and oxygen atoms in total. The Morgan fingerprint density at radius 2 is 2.09 bits per heavy atom. The lowest BCUT2D eigenvalue weighted by Crippen LogP contribution is -2.29. The van der Waals surface area contributed by atoms with E-state index in [2.05, 4.69) is 15.7 Å². The number of nitrogens with one attached hydrogen (secondary N) is 2. The number of methoxy groups -OCH3 is 1. The lowest BCUT2D eigenvalue weighted by Gasteiger charge is -2.11. The summed E-state index contributed by atoms with van der Waals surface area (Å²) in [7, 11) is 1.64. The molecule has 7 heteroatoms. The summed E-state index contributed by atoms with van der Waals surface area (Å²) in [5, 5.41) is 11.9. The first kappa shape index (κ1) is 16.6. The average Bonchev–Trinajstić information content (AvgIpc) is 2.83. The average molecular weight is 339 g/mol. The zero-order valence-corrected chi connectivity index (χ0v) is 14.2. The number of hydrogen-bond acceptors (Lipinski definition) is 3. The monoisotopic (exact) mass is 338 g/mol. The molecule has 0 bridgehead atoms. The van der Waals surface area contributed by atoms with Gasteiger partial charge >= 0.3 is 0 Å². The van der Waals surface area contributed by atoms with Gasteiger partial charge in [0.1, 0.15) is 5.75 Å². The van der Waals surface area contributed by atoms with Crippen LogP contribution < -0.4 is 15.4 Å². The van der Waals surface area contributed by atoms with Crippen molar-refractivity contribution >= 4 is 34.6 Å². The molecule has 0 fully saturated rings. The first-order valence-electron chi connectivity index (χ1n) is 6.97. The lowest BCUT2D eigenvalue weighted by molar-refractivity contribution is 0.415. The van der Waals surface area contributed by atoms with Gasteiger partial charge in [-0.05, 0) is 49.8 Å². The van der Waals surface area contributed by atoms with Crippen molar-refractivity contribution in [3.63, 3.8) is 0 Å². The van der Waals surface area contributed by atoms with E-state index >= 15 is 0 Å². The number of benzene rings is 1. The highest BCUT2D eigenvalue weighted by atomic mass is 35.5. The summed E-state index contributed by atoms with van der Waals surface area (Å²) in [6.45, 7) is 3.45. The van der Waals surface area contributed by atoms with E-state index in [4.69, 9.17) is 28.6 Å². The molecule has 0 spiro atoms. The molecule has 0 radical (unpaired) electrons. The maximum atomic E-state index is 5.97. The minimum atomic E-state index is 0.597. The molecule has 0 aliphatic carbocycles. The van der Waals surface area contributed by atoms with Crippen molar-refractivity contribution in [3.05, 3.63) is 41.2 Å². The number of halogens is 1. The molecule has 2 aromatic rings. The lowest BCUT2D eigenvalue weighted by atomic mass is 10.3. The molecule has 1 heterocycles. The molecule has 0 saturated carbocycles. The van der Waals surface area contributed by atoms with Crippen molar-refractivity contribution in [2.24, 2.45) is 0 Å². The van der Waals surface area contributed by atoms with Crippen LogP contribution in [0.2, 0.25) is 5.02 Å². The highest BCUT2D eigenvalue weighted by Crippen LogP contribution is 2.15. The second kappa shape index (κ2) is 8.00. The van der Waals surface area contributed by atoms with Crippen molar-refractivity contribution < 1.29 is 4.74 Å². The van der Waals surface area contributed by atoms with Gasteiger partial charge in [0.15, 0.2) is 5.11 Å². The Morgan fingerprint density at radius 1 is 1.36 bits per heavy atom. The van der Waals surface area contributed by atoms with Crippen LogP contribution in [0, 0.1) is 6.92 Å². The van der Waals surface area contributed by atoms with E-state index in [9.17, 15) is 0 Å². The number of hydrogen-bond donors (Lipinski definition) is 2. The predicted octanol–water partition coefficient (Wildman–Crippen LogP) is 3.23. The van der Waals surface area contributed by atoms with Crippen LogP contribution in [0.5, 0.6) is 5.75 Å². The third kappa shape index (κ3) is 4.89. The van der Waals surface area contributed by atoms with Gasteiger partial charge < -0.3 is 15.4 Å². The van der Waals surface area contributed by atoms with Crippen LogP contribution in [-0.4, -0.2) is 28.5 Å². The minimum absolute atomic E-state index is 0.597. The van der Waals surface area contributed by atoms with Crippen molar-refractivity contribution in [1.29, 1.82) is 0 Å². The van der Waals surface area contributed by atoms with E-state index in [0.29, 0.717) is 10.1 Å². The number of anilines is 1. The molecular formula is C15H19ClN4OS. The van der Waals surface area contributed by atoms with Crippen LogP contribution >= 0.6 is 23.8 Å². The first-order chi connectivity index (χ1) is 10.6. The molecule has 0 saturated heterocycles. The number of ether oxygens (including phenoxy) is 1. The summed E-state index contributed by atoms with van der Waals surface area (Å²) in [5.74, 6) is 0.817. The molecule has 118 valence electrons. The summed E-state index contributed by atoms with van der Waals surface area (Å²) in [6, 6.07) is 7.60. The zero-order valence-electron chi connectivity index (χ0n) is 12.6. The Morgan fingerprint density at radius 3 is 2.68 bits per heavy atom. The molecular weight excluding hydrogens is 320 g/mol. The molecule has 1 aromatic heterocycles. The smallest absolute Gasteiger partial charge is 0.170 e. The quantitative estimate of drug-likeness (QED) is 0.625. The minimum Gasteiger partial charge on any atom is -0.497 e. The van der Waals surface area contributed by atoms with E-state index in [1.54, 1.807) is 7.11 Å². The van der Waals surface area contributed by atoms with E-state index in [0.717, 1.165) is 36.6 Å². The molecule has 0 aliphatic rings. The van der Waals surface area contributed by atoms with Gasteiger partial charge in [0.2, 0.25) is 0 Å². The second-order valence-electron chi connectivity index (χ2n) is 4.79. The Labute approximate surface area is 140 Å². The van der Waals surface area contributed by atoms with Gasteiger partial charge in [-0.1, -0.05) is 11.6 Å². The summed E-state index contributed by atoms with van der Waals surface area (Å²) in [5.41, 5.74) is 1.78. The Balaban J connectivity index is 1.68. The summed E-state index contributed by atoms with van der Waals surface area (Å²) < 4.78 is 6.96. The Hall–Kier alpha value is -1.79. The molecule has 2 N–H and O–H groups in total. The van der Waals surface area contributed by atoms with Crippen LogP contribution in [0.4, 0.5) is 5.69 Å². The third-order valence-corrected chi connectivity index (χ3v) is 3.70.